The van der Waals surface area contributed by atoms with E-state index < -0.39 is 17.7 Å². The topological polar surface area (TPSA) is 66.8 Å². The van der Waals surface area contributed by atoms with Gasteiger partial charge in [0.25, 0.3) is 11.7 Å². The minimum Gasteiger partial charge on any atom is -0.507 e. The summed E-state index contributed by atoms with van der Waals surface area (Å²) in [7, 11) is 1.55. The molecule has 1 unspecified atom stereocenters. The predicted octanol–water partition coefficient (Wildman–Crippen LogP) is 4.97. The number of carbonyl (C=O) groups is 2. The van der Waals surface area contributed by atoms with Gasteiger partial charge in [-0.15, -0.1) is 0 Å². The van der Waals surface area contributed by atoms with Gasteiger partial charge in [0, 0.05) is 17.1 Å². The second kappa shape index (κ2) is 8.66. The standard InChI is InChI=1S/C25H20ClNO4/c1-31-20-9-5-8-18(14-20)22-21(23(28)17-10-12-19(26)13-11-17)24(29)25(30)27(22)15-16-6-3-2-4-7-16/h2-14,22,28H,15H2,1H3. The van der Waals surface area contributed by atoms with Crippen LogP contribution in [0, 0.1) is 0 Å². The molecule has 1 heterocycles. The summed E-state index contributed by atoms with van der Waals surface area (Å²) in [6.07, 6.45) is 0. The lowest BCUT2D eigenvalue weighted by Crippen LogP contribution is -2.29. The van der Waals surface area contributed by atoms with Crippen LogP contribution in [0.2, 0.25) is 5.02 Å². The Kier molecular flexibility index (Phi) is 5.78. The maximum atomic E-state index is 13.1. The molecular weight excluding hydrogens is 414 g/mol. The monoisotopic (exact) mass is 433 g/mol. The third kappa shape index (κ3) is 4.05. The SMILES string of the molecule is COc1cccc(C2C(=C(O)c3ccc(Cl)cc3)C(=O)C(=O)N2Cc2ccccc2)c1. The Balaban J connectivity index is 1.87. The van der Waals surface area contributed by atoms with Gasteiger partial charge in [0.05, 0.1) is 18.7 Å². The lowest BCUT2D eigenvalue weighted by molar-refractivity contribution is -0.140. The van der Waals surface area contributed by atoms with Crippen LogP contribution < -0.4 is 4.74 Å². The van der Waals surface area contributed by atoms with Gasteiger partial charge in [-0.1, -0.05) is 54.1 Å². The fourth-order valence-electron chi connectivity index (χ4n) is 3.74. The summed E-state index contributed by atoms with van der Waals surface area (Å²) >= 11 is 5.96. The summed E-state index contributed by atoms with van der Waals surface area (Å²) in [6.45, 7) is 0.227. The Labute approximate surface area is 185 Å². The number of Topliss-reactive ketones (excluding diaryl/α,β-unsaturated/α-hetero) is 1. The molecular formula is C25H20ClNO4. The third-order valence-electron chi connectivity index (χ3n) is 5.26. The minimum absolute atomic E-state index is 0.0384. The number of ether oxygens (including phenoxy) is 1. The van der Waals surface area contributed by atoms with Crippen molar-refractivity contribution in [2.45, 2.75) is 12.6 Å². The molecule has 1 atom stereocenters. The number of nitrogens with zero attached hydrogens (tertiary/aromatic N) is 1. The van der Waals surface area contributed by atoms with Crippen LogP contribution in [0.15, 0.2) is 84.4 Å². The summed E-state index contributed by atoms with van der Waals surface area (Å²) in [6, 6.07) is 22.3. The molecule has 156 valence electrons. The van der Waals surface area contributed by atoms with E-state index in [0.717, 1.165) is 5.56 Å². The molecule has 3 aromatic carbocycles. The lowest BCUT2D eigenvalue weighted by atomic mass is 9.95. The van der Waals surface area contributed by atoms with E-state index in [1.54, 1.807) is 49.6 Å². The molecule has 6 heteroatoms. The minimum atomic E-state index is -0.758. The molecule has 0 bridgehead atoms. The lowest BCUT2D eigenvalue weighted by Gasteiger charge is -2.25. The Bertz CT molecular complexity index is 1160. The highest BCUT2D eigenvalue weighted by Crippen LogP contribution is 2.41. The van der Waals surface area contributed by atoms with E-state index in [4.69, 9.17) is 16.3 Å². The first-order chi connectivity index (χ1) is 15.0. The predicted molar refractivity (Wildman–Crippen MR) is 119 cm³/mol. The zero-order valence-electron chi connectivity index (χ0n) is 16.8. The Morgan fingerprint density at radius 3 is 2.39 bits per heavy atom. The molecule has 1 N–H and O–H groups in total. The van der Waals surface area contributed by atoms with E-state index in [1.807, 2.05) is 36.4 Å². The van der Waals surface area contributed by atoms with Crippen molar-refractivity contribution < 1.29 is 19.4 Å². The molecule has 1 aliphatic rings. The Hall–Kier alpha value is -3.57. The highest BCUT2D eigenvalue weighted by atomic mass is 35.5. The second-order valence-corrected chi connectivity index (χ2v) is 7.63. The molecule has 1 saturated heterocycles. The van der Waals surface area contributed by atoms with Gasteiger partial charge in [0.2, 0.25) is 0 Å². The molecule has 0 aromatic heterocycles. The average molecular weight is 434 g/mol. The molecule has 1 amide bonds. The quantitative estimate of drug-likeness (QED) is 0.350. The largest absolute Gasteiger partial charge is 0.507 e. The highest BCUT2D eigenvalue weighted by Gasteiger charge is 2.46. The maximum absolute atomic E-state index is 13.1. The summed E-state index contributed by atoms with van der Waals surface area (Å²) in [5.74, 6) is -1.03. The van der Waals surface area contributed by atoms with Crippen LogP contribution in [-0.2, 0) is 16.1 Å². The molecule has 0 aliphatic carbocycles. The normalized spacial score (nSPS) is 17.7. The van der Waals surface area contributed by atoms with Crippen molar-refractivity contribution in [3.8, 4) is 5.75 Å². The number of aliphatic hydroxyl groups is 1. The van der Waals surface area contributed by atoms with Crippen molar-refractivity contribution in [2.24, 2.45) is 0 Å². The first-order valence-corrected chi connectivity index (χ1v) is 10.1. The fraction of sp³-hybridized carbons (Fsp3) is 0.120. The third-order valence-corrected chi connectivity index (χ3v) is 5.51. The van der Waals surface area contributed by atoms with Gasteiger partial charge in [-0.25, -0.2) is 0 Å². The summed E-state index contributed by atoms with van der Waals surface area (Å²) in [5, 5.41) is 11.6. The van der Waals surface area contributed by atoms with Gasteiger partial charge in [-0.3, -0.25) is 9.59 Å². The molecule has 4 rings (SSSR count). The van der Waals surface area contributed by atoms with Crippen molar-refractivity contribution in [1.29, 1.82) is 0 Å². The van der Waals surface area contributed by atoms with Crippen molar-refractivity contribution in [1.82, 2.24) is 4.90 Å². The molecule has 31 heavy (non-hydrogen) atoms. The number of likely N-dealkylation sites (tertiary alicyclic amines) is 1. The Morgan fingerprint density at radius 1 is 1.00 bits per heavy atom. The van der Waals surface area contributed by atoms with Crippen LogP contribution in [0.25, 0.3) is 5.76 Å². The number of rotatable bonds is 5. The fourth-order valence-corrected chi connectivity index (χ4v) is 3.87. The molecule has 0 saturated carbocycles. The number of methoxy groups -OCH3 is 1. The number of amides is 1. The van der Waals surface area contributed by atoms with Crippen LogP contribution in [0.5, 0.6) is 5.75 Å². The van der Waals surface area contributed by atoms with E-state index in [9.17, 15) is 14.7 Å². The van der Waals surface area contributed by atoms with Gasteiger partial charge in [0.1, 0.15) is 11.5 Å². The van der Waals surface area contributed by atoms with Crippen molar-refractivity contribution in [3.63, 3.8) is 0 Å². The summed E-state index contributed by atoms with van der Waals surface area (Å²) < 4.78 is 5.33. The summed E-state index contributed by atoms with van der Waals surface area (Å²) in [5.41, 5.74) is 2.00. The van der Waals surface area contributed by atoms with Crippen LogP contribution in [0.1, 0.15) is 22.7 Å². The van der Waals surface area contributed by atoms with Crippen molar-refractivity contribution in [3.05, 3.63) is 106 Å². The molecule has 1 fully saturated rings. The summed E-state index contributed by atoms with van der Waals surface area (Å²) in [4.78, 5) is 27.6. The van der Waals surface area contributed by atoms with Gasteiger partial charge in [-0.05, 0) is 47.5 Å². The Morgan fingerprint density at radius 2 is 1.71 bits per heavy atom. The van der Waals surface area contributed by atoms with E-state index in [0.29, 0.717) is 21.9 Å². The van der Waals surface area contributed by atoms with E-state index in [-0.39, 0.29) is 17.9 Å². The van der Waals surface area contributed by atoms with Gasteiger partial charge in [0.15, 0.2) is 0 Å². The number of halogens is 1. The maximum Gasteiger partial charge on any atom is 0.295 e. The average Bonchev–Trinajstić information content (AvgIpc) is 3.05. The van der Waals surface area contributed by atoms with Gasteiger partial charge in [-0.2, -0.15) is 0 Å². The number of ketones is 1. The molecule has 3 aromatic rings. The van der Waals surface area contributed by atoms with Crippen LogP contribution in [0.4, 0.5) is 0 Å². The van der Waals surface area contributed by atoms with E-state index >= 15 is 0 Å². The van der Waals surface area contributed by atoms with E-state index in [1.165, 1.54) is 4.90 Å². The van der Waals surface area contributed by atoms with Gasteiger partial charge < -0.3 is 14.7 Å². The van der Waals surface area contributed by atoms with Crippen LogP contribution >= 0.6 is 11.6 Å². The van der Waals surface area contributed by atoms with E-state index in [2.05, 4.69) is 0 Å². The molecule has 5 nitrogen and oxygen atoms in total. The number of carbonyl (C=O) groups excluding carboxylic acids is 2. The number of aliphatic hydroxyl groups excluding tert-OH is 1. The molecule has 1 aliphatic heterocycles. The van der Waals surface area contributed by atoms with Crippen molar-refractivity contribution in [2.75, 3.05) is 7.11 Å². The smallest absolute Gasteiger partial charge is 0.295 e. The molecule has 0 spiro atoms. The number of hydrogen-bond acceptors (Lipinski definition) is 4. The van der Waals surface area contributed by atoms with Gasteiger partial charge >= 0.3 is 0 Å². The van der Waals surface area contributed by atoms with Crippen LogP contribution in [0.3, 0.4) is 0 Å². The number of benzene rings is 3. The zero-order valence-corrected chi connectivity index (χ0v) is 17.5. The first kappa shape index (κ1) is 20.7. The second-order valence-electron chi connectivity index (χ2n) is 7.20. The van der Waals surface area contributed by atoms with Crippen molar-refractivity contribution >= 4 is 29.1 Å². The highest BCUT2D eigenvalue weighted by molar-refractivity contribution is 6.46. The number of hydrogen-bond donors (Lipinski definition) is 1. The molecule has 0 radical (unpaired) electrons. The first-order valence-electron chi connectivity index (χ1n) is 9.72. The van der Waals surface area contributed by atoms with Crippen LogP contribution in [-0.4, -0.2) is 28.8 Å². The zero-order chi connectivity index (χ0) is 22.0.